The van der Waals surface area contributed by atoms with Gasteiger partial charge in [0.15, 0.2) is 0 Å². The van der Waals surface area contributed by atoms with E-state index in [4.69, 9.17) is 9.47 Å². The highest BCUT2D eigenvalue weighted by Crippen LogP contribution is 2.41. The van der Waals surface area contributed by atoms with Crippen molar-refractivity contribution in [1.29, 1.82) is 0 Å². The van der Waals surface area contributed by atoms with Crippen LogP contribution in [0.1, 0.15) is 55.8 Å². The Morgan fingerprint density at radius 3 is 2.14 bits per heavy atom. The summed E-state index contributed by atoms with van der Waals surface area (Å²) in [6.45, 7) is 3.85. The van der Waals surface area contributed by atoms with Crippen molar-refractivity contribution in [3.63, 3.8) is 0 Å². The molecule has 0 N–H and O–H groups in total. The SMILES string of the molecule is CCOC(=O)C1CCN(C(=O)[C@H]2COC3(CCN(C(=O)C4CC4)CC3)N2C(=O)c2ccc(F)cc2)CC1. The van der Waals surface area contributed by atoms with Gasteiger partial charge in [0.05, 0.1) is 19.1 Å². The molecule has 0 bridgehead atoms. The van der Waals surface area contributed by atoms with Crippen molar-refractivity contribution < 1.29 is 33.0 Å². The second-order valence-electron chi connectivity index (χ2n) is 10.4. The van der Waals surface area contributed by atoms with Crippen LogP contribution in [0.15, 0.2) is 24.3 Å². The molecule has 9 nitrogen and oxygen atoms in total. The summed E-state index contributed by atoms with van der Waals surface area (Å²) in [5.41, 5.74) is -0.725. The molecule has 4 fully saturated rings. The predicted molar refractivity (Wildman–Crippen MR) is 130 cm³/mol. The van der Waals surface area contributed by atoms with Gasteiger partial charge in [-0.1, -0.05) is 0 Å². The van der Waals surface area contributed by atoms with Gasteiger partial charge in [-0.05, 0) is 56.9 Å². The van der Waals surface area contributed by atoms with E-state index >= 15 is 0 Å². The molecule has 10 heteroatoms. The standard InChI is InChI=1S/C27H34FN3O6/c1-2-36-26(35)20-9-13-29(14-10-20)25(34)22-17-37-27(11-15-30(16-12-27)23(32)18-3-4-18)31(22)24(33)19-5-7-21(28)8-6-19/h5-8,18,20,22H,2-4,9-17H2,1H3/t22-/m1/s1. The Hall–Kier alpha value is -3.01. The number of rotatable bonds is 5. The summed E-state index contributed by atoms with van der Waals surface area (Å²) < 4.78 is 25.0. The maximum Gasteiger partial charge on any atom is 0.309 e. The van der Waals surface area contributed by atoms with Gasteiger partial charge in [-0.3, -0.25) is 24.1 Å². The molecule has 0 unspecified atom stereocenters. The van der Waals surface area contributed by atoms with Gasteiger partial charge in [0.25, 0.3) is 5.91 Å². The average molecular weight is 516 g/mol. The molecular formula is C27H34FN3O6. The van der Waals surface area contributed by atoms with E-state index in [1.807, 2.05) is 4.90 Å². The normalized spacial score (nSPS) is 23.8. The first-order valence-electron chi connectivity index (χ1n) is 13.3. The molecular weight excluding hydrogens is 481 g/mol. The molecule has 5 rings (SSSR count). The number of hydrogen-bond donors (Lipinski definition) is 0. The van der Waals surface area contributed by atoms with Crippen LogP contribution in [0, 0.1) is 17.7 Å². The lowest BCUT2D eigenvalue weighted by molar-refractivity contribution is -0.152. The highest BCUT2D eigenvalue weighted by molar-refractivity contribution is 5.98. The molecule has 1 atom stereocenters. The summed E-state index contributed by atoms with van der Waals surface area (Å²) >= 11 is 0. The minimum Gasteiger partial charge on any atom is -0.466 e. The highest BCUT2D eigenvalue weighted by Gasteiger charge is 2.55. The molecule has 3 amide bonds. The molecule has 0 radical (unpaired) electrons. The van der Waals surface area contributed by atoms with Crippen molar-refractivity contribution in [1.82, 2.24) is 14.7 Å². The molecule has 3 heterocycles. The smallest absolute Gasteiger partial charge is 0.309 e. The average Bonchev–Trinajstić information content (AvgIpc) is 3.71. The number of esters is 1. The van der Waals surface area contributed by atoms with E-state index in [9.17, 15) is 23.6 Å². The van der Waals surface area contributed by atoms with Crippen LogP contribution in [0.2, 0.25) is 0 Å². The maximum atomic E-state index is 13.8. The number of carbonyl (C=O) groups is 4. The number of carbonyl (C=O) groups excluding carboxylic acids is 4. The largest absolute Gasteiger partial charge is 0.466 e. The molecule has 0 aromatic heterocycles. The van der Waals surface area contributed by atoms with E-state index in [1.165, 1.54) is 24.3 Å². The Balaban J connectivity index is 1.34. The van der Waals surface area contributed by atoms with E-state index in [2.05, 4.69) is 0 Å². The summed E-state index contributed by atoms with van der Waals surface area (Å²) in [6, 6.07) is 4.46. The topological polar surface area (TPSA) is 96.5 Å². The zero-order chi connectivity index (χ0) is 26.2. The molecule has 1 aromatic rings. The first-order valence-corrected chi connectivity index (χ1v) is 13.3. The van der Waals surface area contributed by atoms with Crippen LogP contribution >= 0.6 is 0 Å². The number of likely N-dealkylation sites (tertiary alicyclic amines) is 2. The fourth-order valence-corrected chi connectivity index (χ4v) is 5.76. The van der Waals surface area contributed by atoms with Crippen molar-refractivity contribution >= 4 is 23.7 Å². The van der Waals surface area contributed by atoms with Crippen molar-refractivity contribution in [2.75, 3.05) is 39.4 Å². The molecule has 1 saturated carbocycles. The maximum absolute atomic E-state index is 13.8. The van der Waals surface area contributed by atoms with Crippen LogP contribution in [0.5, 0.6) is 0 Å². The van der Waals surface area contributed by atoms with E-state index in [-0.39, 0.29) is 47.7 Å². The van der Waals surface area contributed by atoms with Gasteiger partial charge in [0.1, 0.15) is 17.6 Å². The lowest BCUT2D eigenvalue weighted by Gasteiger charge is -2.45. The van der Waals surface area contributed by atoms with Crippen LogP contribution in [0.25, 0.3) is 0 Å². The minimum atomic E-state index is -1.00. The molecule has 3 aliphatic heterocycles. The number of nitrogens with zero attached hydrogens (tertiary/aromatic N) is 3. The van der Waals surface area contributed by atoms with Gasteiger partial charge in [-0.25, -0.2) is 4.39 Å². The summed E-state index contributed by atoms with van der Waals surface area (Å²) in [5, 5.41) is 0. The second kappa shape index (κ2) is 10.4. The molecule has 1 aromatic carbocycles. The second-order valence-corrected chi connectivity index (χ2v) is 10.4. The summed E-state index contributed by atoms with van der Waals surface area (Å²) in [4.78, 5) is 57.3. The number of hydrogen-bond acceptors (Lipinski definition) is 6. The number of ether oxygens (including phenoxy) is 2. The van der Waals surface area contributed by atoms with E-state index < -0.39 is 17.6 Å². The van der Waals surface area contributed by atoms with Gasteiger partial charge in [0, 0.05) is 50.5 Å². The van der Waals surface area contributed by atoms with Crippen molar-refractivity contribution in [2.24, 2.45) is 11.8 Å². The third-order valence-electron chi connectivity index (χ3n) is 8.07. The fourth-order valence-electron chi connectivity index (χ4n) is 5.76. The van der Waals surface area contributed by atoms with E-state index in [0.717, 1.165) is 12.8 Å². The zero-order valence-electron chi connectivity index (χ0n) is 21.2. The van der Waals surface area contributed by atoms with Crippen LogP contribution in [-0.4, -0.2) is 89.6 Å². The Bertz CT molecular complexity index is 1040. The minimum absolute atomic E-state index is 0.0557. The fraction of sp³-hybridized carbons (Fsp3) is 0.630. The Kier molecular flexibility index (Phi) is 7.20. The summed E-state index contributed by atoms with van der Waals surface area (Å²) in [5.74, 6) is -1.26. The number of benzene rings is 1. The quantitative estimate of drug-likeness (QED) is 0.558. The van der Waals surface area contributed by atoms with Crippen LogP contribution < -0.4 is 0 Å². The van der Waals surface area contributed by atoms with Crippen LogP contribution in [-0.2, 0) is 23.9 Å². The number of amides is 3. The molecule has 200 valence electrons. The summed E-state index contributed by atoms with van der Waals surface area (Å²) in [7, 11) is 0. The summed E-state index contributed by atoms with van der Waals surface area (Å²) in [6.07, 6.45) is 3.69. The number of piperidine rings is 2. The lowest BCUT2D eigenvalue weighted by Crippen LogP contribution is -2.60. The van der Waals surface area contributed by atoms with E-state index in [0.29, 0.717) is 58.5 Å². The van der Waals surface area contributed by atoms with Crippen molar-refractivity contribution in [3.05, 3.63) is 35.6 Å². The highest BCUT2D eigenvalue weighted by atomic mass is 19.1. The molecule has 4 aliphatic rings. The van der Waals surface area contributed by atoms with Crippen LogP contribution in [0.3, 0.4) is 0 Å². The van der Waals surface area contributed by atoms with Crippen LogP contribution in [0.4, 0.5) is 4.39 Å². The van der Waals surface area contributed by atoms with Crippen molar-refractivity contribution in [2.45, 2.75) is 57.2 Å². The Labute approximate surface area is 215 Å². The lowest BCUT2D eigenvalue weighted by atomic mass is 9.95. The van der Waals surface area contributed by atoms with Crippen molar-refractivity contribution in [3.8, 4) is 0 Å². The zero-order valence-corrected chi connectivity index (χ0v) is 21.2. The van der Waals surface area contributed by atoms with Gasteiger partial charge in [0.2, 0.25) is 11.8 Å². The monoisotopic (exact) mass is 515 g/mol. The van der Waals surface area contributed by atoms with Gasteiger partial charge >= 0.3 is 5.97 Å². The molecule has 1 aliphatic carbocycles. The van der Waals surface area contributed by atoms with Gasteiger partial charge in [-0.15, -0.1) is 0 Å². The Morgan fingerprint density at radius 1 is 0.919 bits per heavy atom. The predicted octanol–water partition coefficient (Wildman–Crippen LogP) is 2.20. The number of halogens is 1. The Morgan fingerprint density at radius 2 is 1.54 bits per heavy atom. The van der Waals surface area contributed by atoms with E-state index in [1.54, 1.807) is 16.7 Å². The van der Waals surface area contributed by atoms with Gasteiger partial charge in [-0.2, -0.15) is 0 Å². The molecule has 1 spiro atoms. The first-order chi connectivity index (χ1) is 17.8. The molecule has 3 saturated heterocycles. The first kappa shape index (κ1) is 25.6. The van der Waals surface area contributed by atoms with Gasteiger partial charge < -0.3 is 19.3 Å². The third-order valence-corrected chi connectivity index (χ3v) is 8.07. The molecule has 37 heavy (non-hydrogen) atoms. The third kappa shape index (κ3) is 5.08.